The summed E-state index contributed by atoms with van der Waals surface area (Å²) < 4.78 is 4.99. The van der Waals surface area contributed by atoms with E-state index in [1.807, 2.05) is 62.6 Å². The highest BCUT2D eigenvalue weighted by Crippen LogP contribution is 2.13. The van der Waals surface area contributed by atoms with Crippen LogP contribution in [-0.4, -0.2) is 21.2 Å². The predicted octanol–water partition coefficient (Wildman–Crippen LogP) is 4.12. The minimum atomic E-state index is 0.772. The number of hydrogen-bond acceptors (Lipinski definition) is 3. The Bertz CT molecular complexity index is 446. The van der Waals surface area contributed by atoms with Crippen LogP contribution >= 0.6 is 11.6 Å². The molecule has 0 saturated carbocycles. The van der Waals surface area contributed by atoms with Crippen LogP contribution in [-0.2, 0) is 0 Å². The molecule has 2 rings (SSSR count). The highest BCUT2D eigenvalue weighted by atomic mass is 35.5. The van der Waals surface area contributed by atoms with Gasteiger partial charge in [-0.2, -0.15) is 0 Å². The van der Waals surface area contributed by atoms with Crippen molar-refractivity contribution in [2.45, 2.75) is 0 Å². The maximum Gasteiger partial charge on any atom is 0.119 e. The third-order valence-electron chi connectivity index (χ3n) is 2.51. The molecule has 0 unspecified atom stereocenters. The van der Waals surface area contributed by atoms with Crippen molar-refractivity contribution >= 4 is 23.0 Å². The predicted molar refractivity (Wildman–Crippen MR) is 83.5 cm³/mol. The Balaban J connectivity index is 0.000000191. The van der Waals surface area contributed by atoms with E-state index in [2.05, 4.69) is 10.6 Å². The first-order chi connectivity index (χ1) is 9.19. The molecule has 0 radical (unpaired) electrons. The van der Waals surface area contributed by atoms with Gasteiger partial charge in [-0.3, -0.25) is 0 Å². The summed E-state index contributed by atoms with van der Waals surface area (Å²) >= 11 is 5.64. The zero-order valence-corrected chi connectivity index (χ0v) is 12.2. The summed E-state index contributed by atoms with van der Waals surface area (Å²) in [6, 6.07) is 15.4. The first-order valence-corrected chi connectivity index (χ1v) is 6.32. The Morgan fingerprint density at radius 3 is 1.58 bits per heavy atom. The fourth-order valence-electron chi connectivity index (χ4n) is 1.37. The van der Waals surface area contributed by atoms with Gasteiger partial charge in [-0.05, 0) is 48.5 Å². The van der Waals surface area contributed by atoms with E-state index in [0.29, 0.717) is 0 Å². The fourth-order valence-corrected chi connectivity index (χ4v) is 1.50. The Morgan fingerprint density at radius 2 is 1.21 bits per heavy atom. The second kappa shape index (κ2) is 8.27. The van der Waals surface area contributed by atoms with E-state index in [1.54, 1.807) is 7.11 Å². The Morgan fingerprint density at radius 1 is 0.789 bits per heavy atom. The number of benzene rings is 2. The van der Waals surface area contributed by atoms with Crippen LogP contribution in [0.1, 0.15) is 0 Å². The first kappa shape index (κ1) is 15.2. The number of rotatable bonds is 3. The van der Waals surface area contributed by atoms with Crippen molar-refractivity contribution in [3.05, 3.63) is 53.6 Å². The van der Waals surface area contributed by atoms with Crippen molar-refractivity contribution in [3.63, 3.8) is 0 Å². The normalized spacial score (nSPS) is 9.05. The van der Waals surface area contributed by atoms with Crippen LogP contribution in [0.15, 0.2) is 48.5 Å². The van der Waals surface area contributed by atoms with Crippen LogP contribution in [0.25, 0.3) is 0 Å². The SMILES string of the molecule is CNc1ccc(Cl)cc1.CNc1ccc(OC)cc1. The Hall–Kier alpha value is -1.87. The summed E-state index contributed by atoms with van der Waals surface area (Å²) in [6.07, 6.45) is 0. The van der Waals surface area contributed by atoms with Crippen LogP contribution in [0, 0.1) is 0 Å². The van der Waals surface area contributed by atoms with Crippen molar-refractivity contribution in [1.82, 2.24) is 0 Å². The smallest absolute Gasteiger partial charge is 0.119 e. The maximum absolute atomic E-state index is 5.64. The van der Waals surface area contributed by atoms with Gasteiger partial charge in [-0.25, -0.2) is 0 Å². The molecule has 2 aromatic carbocycles. The highest BCUT2D eigenvalue weighted by molar-refractivity contribution is 6.30. The van der Waals surface area contributed by atoms with Crippen LogP contribution in [0.3, 0.4) is 0 Å². The maximum atomic E-state index is 5.64. The number of anilines is 2. The molecule has 0 aromatic heterocycles. The first-order valence-electron chi connectivity index (χ1n) is 5.94. The van der Waals surface area contributed by atoms with Gasteiger partial charge in [0.2, 0.25) is 0 Å². The van der Waals surface area contributed by atoms with Gasteiger partial charge >= 0.3 is 0 Å². The molecular formula is C15H19ClN2O. The molecule has 102 valence electrons. The molecule has 0 heterocycles. The van der Waals surface area contributed by atoms with E-state index in [9.17, 15) is 0 Å². The number of methoxy groups -OCH3 is 1. The summed E-state index contributed by atoms with van der Waals surface area (Å²) in [5.41, 5.74) is 2.18. The molecule has 0 bridgehead atoms. The molecule has 2 N–H and O–H groups in total. The average molecular weight is 279 g/mol. The molecule has 0 aliphatic carbocycles. The fraction of sp³-hybridized carbons (Fsp3) is 0.200. The second-order valence-electron chi connectivity index (χ2n) is 3.74. The molecule has 0 fully saturated rings. The van der Waals surface area contributed by atoms with Crippen molar-refractivity contribution in [2.75, 3.05) is 31.8 Å². The summed E-state index contributed by atoms with van der Waals surface area (Å²) in [4.78, 5) is 0. The van der Waals surface area contributed by atoms with E-state index < -0.39 is 0 Å². The average Bonchev–Trinajstić information content (AvgIpc) is 2.49. The summed E-state index contributed by atoms with van der Waals surface area (Å²) in [7, 11) is 5.43. The van der Waals surface area contributed by atoms with E-state index in [4.69, 9.17) is 16.3 Å². The molecule has 0 atom stereocenters. The van der Waals surface area contributed by atoms with E-state index in [1.165, 1.54) is 0 Å². The van der Waals surface area contributed by atoms with Crippen molar-refractivity contribution in [3.8, 4) is 5.75 Å². The monoisotopic (exact) mass is 278 g/mol. The molecule has 3 nitrogen and oxygen atoms in total. The third-order valence-corrected chi connectivity index (χ3v) is 2.76. The zero-order valence-electron chi connectivity index (χ0n) is 11.4. The lowest BCUT2D eigenvalue weighted by atomic mass is 10.3. The number of ether oxygens (including phenoxy) is 1. The van der Waals surface area contributed by atoms with E-state index in [0.717, 1.165) is 22.1 Å². The molecule has 0 aliphatic heterocycles. The highest BCUT2D eigenvalue weighted by Gasteiger charge is 1.88. The standard InChI is InChI=1S/C8H11NO.C7H8ClN/c1-9-7-3-5-8(10-2)6-4-7;1-9-7-4-2-6(8)3-5-7/h3-6,9H,1-2H3;2-5,9H,1H3. The number of nitrogens with one attached hydrogen (secondary N) is 2. The minimum absolute atomic E-state index is 0.772. The number of halogens is 1. The Labute approximate surface area is 119 Å². The lowest BCUT2D eigenvalue weighted by molar-refractivity contribution is 0.415. The molecular weight excluding hydrogens is 260 g/mol. The van der Waals surface area contributed by atoms with Crippen LogP contribution < -0.4 is 15.4 Å². The van der Waals surface area contributed by atoms with Gasteiger partial charge < -0.3 is 15.4 Å². The largest absolute Gasteiger partial charge is 0.497 e. The molecule has 0 saturated heterocycles. The lowest BCUT2D eigenvalue weighted by Gasteiger charge is -2.00. The molecule has 0 aliphatic rings. The Kier molecular flexibility index (Phi) is 6.61. The van der Waals surface area contributed by atoms with Crippen molar-refractivity contribution < 1.29 is 4.74 Å². The molecule has 0 spiro atoms. The third kappa shape index (κ3) is 5.53. The van der Waals surface area contributed by atoms with Crippen LogP contribution in [0.5, 0.6) is 5.75 Å². The summed E-state index contributed by atoms with van der Waals surface area (Å²) in [6.45, 7) is 0. The van der Waals surface area contributed by atoms with E-state index in [-0.39, 0.29) is 0 Å². The zero-order chi connectivity index (χ0) is 14.1. The van der Waals surface area contributed by atoms with Gasteiger partial charge in [0.05, 0.1) is 7.11 Å². The summed E-state index contributed by atoms with van der Waals surface area (Å²) in [5.74, 6) is 0.888. The van der Waals surface area contributed by atoms with Crippen LogP contribution in [0.2, 0.25) is 5.02 Å². The molecule has 0 amide bonds. The summed E-state index contributed by atoms with van der Waals surface area (Å²) in [5, 5.41) is 6.79. The van der Waals surface area contributed by atoms with Gasteiger partial charge in [-0.1, -0.05) is 11.6 Å². The second-order valence-corrected chi connectivity index (χ2v) is 4.17. The van der Waals surface area contributed by atoms with Gasteiger partial charge in [0, 0.05) is 30.5 Å². The van der Waals surface area contributed by atoms with Gasteiger partial charge in [0.25, 0.3) is 0 Å². The number of hydrogen-bond donors (Lipinski definition) is 2. The van der Waals surface area contributed by atoms with Gasteiger partial charge in [0.15, 0.2) is 0 Å². The topological polar surface area (TPSA) is 33.3 Å². The van der Waals surface area contributed by atoms with Crippen molar-refractivity contribution in [2.24, 2.45) is 0 Å². The molecule has 2 aromatic rings. The lowest BCUT2D eigenvalue weighted by Crippen LogP contribution is -1.87. The van der Waals surface area contributed by atoms with Gasteiger partial charge in [-0.15, -0.1) is 0 Å². The van der Waals surface area contributed by atoms with Gasteiger partial charge in [0.1, 0.15) is 5.75 Å². The van der Waals surface area contributed by atoms with E-state index >= 15 is 0 Å². The molecule has 19 heavy (non-hydrogen) atoms. The minimum Gasteiger partial charge on any atom is -0.497 e. The quantitative estimate of drug-likeness (QED) is 0.886. The van der Waals surface area contributed by atoms with Crippen LogP contribution in [0.4, 0.5) is 11.4 Å². The molecule has 4 heteroatoms. The van der Waals surface area contributed by atoms with Crippen molar-refractivity contribution in [1.29, 1.82) is 0 Å².